The SMILES string of the molecule is CCCCCC(=O)c1cc(C)c(Cl)cc1C. The van der Waals surface area contributed by atoms with Crippen LogP contribution in [0.25, 0.3) is 0 Å². The Morgan fingerprint density at radius 3 is 2.50 bits per heavy atom. The minimum Gasteiger partial charge on any atom is -0.294 e. The van der Waals surface area contributed by atoms with Crippen molar-refractivity contribution in [2.24, 2.45) is 0 Å². The van der Waals surface area contributed by atoms with Crippen LogP contribution in [0.4, 0.5) is 0 Å². The molecule has 0 saturated carbocycles. The molecule has 1 aromatic rings. The fourth-order valence-corrected chi connectivity index (χ4v) is 1.97. The highest BCUT2D eigenvalue weighted by Gasteiger charge is 2.10. The second-order valence-corrected chi connectivity index (χ2v) is 4.70. The predicted octanol–water partition coefficient (Wildman–Crippen LogP) is 4.72. The summed E-state index contributed by atoms with van der Waals surface area (Å²) < 4.78 is 0. The summed E-state index contributed by atoms with van der Waals surface area (Å²) in [6, 6.07) is 3.79. The third-order valence-electron chi connectivity index (χ3n) is 2.81. The van der Waals surface area contributed by atoms with E-state index in [1.807, 2.05) is 26.0 Å². The molecular weight excluding hydrogens is 220 g/mol. The molecule has 0 aromatic heterocycles. The molecule has 0 unspecified atom stereocenters. The van der Waals surface area contributed by atoms with Gasteiger partial charge in [-0.05, 0) is 43.5 Å². The molecule has 2 heteroatoms. The van der Waals surface area contributed by atoms with Gasteiger partial charge in [0, 0.05) is 17.0 Å². The summed E-state index contributed by atoms with van der Waals surface area (Å²) in [6.45, 7) is 6.02. The predicted molar refractivity (Wildman–Crippen MR) is 69.4 cm³/mol. The van der Waals surface area contributed by atoms with Gasteiger partial charge < -0.3 is 0 Å². The maximum absolute atomic E-state index is 12.0. The first-order valence-corrected chi connectivity index (χ1v) is 6.24. The molecule has 88 valence electrons. The van der Waals surface area contributed by atoms with Crippen molar-refractivity contribution in [3.8, 4) is 0 Å². The highest BCUT2D eigenvalue weighted by atomic mass is 35.5. The van der Waals surface area contributed by atoms with Crippen molar-refractivity contribution < 1.29 is 4.79 Å². The lowest BCUT2D eigenvalue weighted by Crippen LogP contribution is -2.02. The van der Waals surface area contributed by atoms with Gasteiger partial charge in [0.1, 0.15) is 0 Å². The molecule has 1 nitrogen and oxygen atoms in total. The number of hydrogen-bond acceptors (Lipinski definition) is 1. The molecule has 0 atom stereocenters. The van der Waals surface area contributed by atoms with Crippen LogP contribution >= 0.6 is 11.6 Å². The summed E-state index contributed by atoms with van der Waals surface area (Å²) in [7, 11) is 0. The third kappa shape index (κ3) is 3.34. The average molecular weight is 239 g/mol. The molecule has 0 spiro atoms. The normalized spacial score (nSPS) is 10.5. The van der Waals surface area contributed by atoms with E-state index in [4.69, 9.17) is 11.6 Å². The Morgan fingerprint density at radius 2 is 1.88 bits per heavy atom. The number of benzene rings is 1. The lowest BCUT2D eigenvalue weighted by Gasteiger charge is -2.07. The topological polar surface area (TPSA) is 17.1 Å². The molecule has 0 aliphatic carbocycles. The molecule has 0 saturated heterocycles. The molecule has 0 fully saturated rings. The minimum absolute atomic E-state index is 0.241. The summed E-state index contributed by atoms with van der Waals surface area (Å²) >= 11 is 6.01. The van der Waals surface area contributed by atoms with Crippen LogP contribution in [0, 0.1) is 13.8 Å². The first kappa shape index (κ1) is 13.2. The zero-order valence-electron chi connectivity index (χ0n) is 10.3. The van der Waals surface area contributed by atoms with Gasteiger partial charge in [0.25, 0.3) is 0 Å². The van der Waals surface area contributed by atoms with Gasteiger partial charge >= 0.3 is 0 Å². The van der Waals surface area contributed by atoms with E-state index in [-0.39, 0.29) is 5.78 Å². The summed E-state index contributed by atoms with van der Waals surface area (Å²) in [5.41, 5.74) is 2.79. The molecule has 0 bridgehead atoms. The highest BCUT2D eigenvalue weighted by molar-refractivity contribution is 6.31. The van der Waals surface area contributed by atoms with Crippen LogP contribution in [0.2, 0.25) is 5.02 Å². The van der Waals surface area contributed by atoms with E-state index in [0.29, 0.717) is 6.42 Å². The van der Waals surface area contributed by atoms with E-state index in [2.05, 4.69) is 6.92 Å². The van der Waals surface area contributed by atoms with Crippen LogP contribution < -0.4 is 0 Å². The van der Waals surface area contributed by atoms with Gasteiger partial charge in [0.15, 0.2) is 5.78 Å². The van der Waals surface area contributed by atoms with Crippen LogP contribution in [-0.4, -0.2) is 5.78 Å². The summed E-state index contributed by atoms with van der Waals surface area (Å²) in [5, 5.41) is 0.739. The molecule has 0 N–H and O–H groups in total. The monoisotopic (exact) mass is 238 g/mol. The molecule has 1 rings (SSSR count). The first-order valence-electron chi connectivity index (χ1n) is 5.86. The van der Waals surface area contributed by atoms with Crippen molar-refractivity contribution in [1.29, 1.82) is 0 Å². The van der Waals surface area contributed by atoms with E-state index in [0.717, 1.165) is 41.0 Å². The number of carbonyl (C=O) groups excluding carboxylic acids is 1. The average Bonchev–Trinajstić information content (AvgIpc) is 2.23. The van der Waals surface area contributed by atoms with E-state index in [1.54, 1.807) is 0 Å². The van der Waals surface area contributed by atoms with E-state index in [9.17, 15) is 4.79 Å². The van der Waals surface area contributed by atoms with Gasteiger partial charge in [-0.25, -0.2) is 0 Å². The summed E-state index contributed by atoms with van der Waals surface area (Å²) in [6.07, 6.45) is 3.90. The van der Waals surface area contributed by atoms with Gasteiger partial charge in [-0.1, -0.05) is 31.4 Å². The standard InChI is InChI=1S/C14H19ClO/c1-4-5-6-7-14(16)12-8-11(3)13(15)9-10(12)2/h8-9H,4-7H2,1-3H3. The molecule has 0 aliphatic heterocycles. The molecule has 16 heavy (non-hydrogen) atoms. The second kappa shape index (κ2) is 6.05. The quantitative estimate of drug-likeness (QED) is 0.536. The number of halogens is 1. The Morgan fingerprint density at radius 1 is 1.19 bits per heavy atom. The Hall–Kier alpha value is -0.820. The van der Waals surface area contributed by atoms with Crippen LogP contribution in [0.1, 0.15) is 54.1 Å². The third-order valence-corrected chi connectivity index (χ3v) is 3.22. The number of Topliss-reactive ketones (excluding diaryl/α,β-unsaturated/α-hetero) is 1. The number of carbonyl (C=O) groups is 1. The van der Waals surface area contributed by atoms with Crippen LogP contribution in [0.3, 0.4) is 0 Å². The van der Waals surface area contributed by atoms with Crippen molar-refractivity contribution in [3.05, 3.63) is 33.8 Å². The van der Waals surface area contributed by atoms with Gasteiger partial charge in [-0.15, -0.1) is 0 Å². The molecule has 0 aliphatic rings. The molecule has 0 heterocycles. The highest BCUT2D eigenvalue weighted by Crippen LogP contribution is 2.22. The van der Waals surface area contributed by atoms with Crippen molar-refractivity contribution in [3.63, 3.8) is 0 Å². The first-order chi connectivity index (χ1) is 7.56. The van der Waals surface area contributed by atoms with Gasteiger partial charge in [-0.3, -0.25) is 4.79 Å². The van der Waals surface area contributed by atoms with E-state index < -0.39 is 0 Å². The van der Waals surface area contributed by atoms with Gasteiger partial charge in [-0.2, -0.15) is 0 Å². The minimum atomic E-state index is 0.241. The summed E-state index contributed by atoms with van der Waals surface area (Å²) in [4.78, 5) is 12.0. The van der Waals surface area contributed by atoms with Crippen LogP contribution in [0.15, 0.2) is 12.1 Å². The van der Waals surface area contributed by atoms with Crippen molar-refractivity contribution >= 4 is 17.4 Å². The van der Waals surface area contributed by atoms with Crippen molar-refractivity contribution in [2.45, 2.75) is 46.5 Å². The maximum atomic E-state index is 12.0. The van der Waals surface area contributed by atoms with E-state index in [1.165, 1.54) is 0 Å². The number of ketones is 1. The van der Waals surface area contributed by atoms with Gasteiger partial charge in [0.05, 0.1) is 0 Å². The smallest absolute Gasteiger partial charge is 0.163 e. The largest absolute Gasteiger partial charge is 0.294 e. The van der Waals surface area contributed by atoms with Gasteiger partial charge in [0.2, 0.25) is 0 Å². The number of unbranched alkanes of at least 4 members (excludes halogenated alkanes) is 2. The lowest BCUT2D eigenvalue weighted by atomic mass is 9.98. The molecular formula is C14H19ClO. The maximum Gasteiger partial charge on any atom is 0.163 e. The Balaban J connectivity index is 2.79. The number of rotatable bonds is 5. The fraction of sp³-hybridized carbons (Fsp3) is 0.500. The fourth-order valence-electron chi connectivity index (χ4n) is 1.75. The Kier molecular flexibility index (Phi) is 5.01. The summed E-state index contributed by atoms with van der Waals surface area (Å²) in [5.74, 6) is 0.241. The number of aryl methyl sites for hydroxylation is 2. The number of hydrogen-bond donors (Lipinski definition) is 0. The van der Waals surface area contributed by atoms with Crippen molar-refractivity contribution in [2.75, 3.05) is 0 Å². The second-order valence-electron chi connectivity index (χ2n) is 4.30. The van der Waals surface area contributed by atoms with Crippen molar-refractivity contribution in [1.82, 2.24) is 0 Å². The molecule has 1 aromatic carbocycles. The van der Waals surface area contributed by atoms with E-state index >= 15 is 0 Å². The van der Waals surface area contributed by atoms with Crippen LogP contribution in [-0.2, 0) is 0 Å². The zero-order chi connectivity index (χ0) is 12.1. The molecule has 0 amide bonds. The van der Waals surface area contributed by atoms with Crippen LogP contribution in [0.5, 0.6) is 0 Å². The zero-order valence-corrected chi connectivity index (χ0v) is 11.0. The Bertz CT molecular complexity index is 383. The Labute approximate surface area is 103 Å². The lowest BCUT2D eigenvalue weighted by molar-refractivity contribution is 0.0978. The molecule has 0 radical (unpaired) electrons.